The van der Waals surface area contributed by atoms with E-state index in [1.165, 1.54) is 29.0 Å². The molecule has 0 aliphatic heterocycles. The number of aromatic nitrogens is 1. The number of nitro groups is 1. The van der Waals surface area contributed by atoms with Crippen molar-refractivity contribution in [3.05, 3.63) is 63.2 Å². The predicted octanol–water partition coefficient (Wildman–Crippen LogP) is 4.38. The van der Waals surface area contributed by atoms with Gasteiger partial charge < -0.3 is 4.90 Å². The van der Waals surface area contributed by atoms with Crippen LogP contribution in [0.1, 0.15) is 16.7 Å². The van der Waals surface area contributed by atoms with Crippen LogP contribution in [0.15, 0.2) is 36.4 Å². The number of likely N-dealkylation sites (N-methyl/N-ethyl adjacent to an activating group) is 1. The molecular formula is C21H25ClN4O3S. The summed E-state index contributed by atoms with van der Waals surface area (Å²) >= 11 is 1.51. The van der Waals surface area contributed by atoms with Crippen LogP contribution in [0.25, 0.3) is 10.2 Å². The highest BCUT2D eigenvalue weighted by Gasteiger charge is 2.21. The number of halogens is 1. The van der Waals surface area contributed by atoms with Crippen LogP contribution in [-0.2, 0) is 11.2 Å². The van der Waals surface area contributed by atoms with Gasteiger partial charge in [0, 0.05) is 25.2 Å². The Hall–Kier alpha value is -2.55. The SMILES string of the molecule is Cc1ccc2sc(N(CCN(C)C)C(=O)Cc3ccc([N+](=O)[O-])cc3)nc2c1C.Cl. The third-order valence-corrected chi connectivity index (χ3v) is 5.92. The second kappa shape index (κ2) is 9.97. The molecule has 0 saturated carbocycles. The number of benzene rings is 2. The molecular weight excluding hydrogens is 424 g/mol. The summed E-state index contributed by atoms with van der Waals surface area (Å²) in [5, 5.41) is 11.5. The lowest BCUT2D eigenvalue weighted by Gasteiger charge is -2.22. The van der Waals surface area contributed by atoms with Crippen molar-refractivity contribution in [1.82, 2.24) is 9.88 Å². The quantitative estimate of drug-likeness (QED) is 0.396. The fourth-order valence-corrected chi connectivity index (χ4v) is 4.03. The molecule has 30 heavy (non-hydrogen) atoms. The third-order valence-electron chi connectivity index (χ3n) is 4.88. The van der Waals surface area contributed by atoms with Crippen LogP contribution < -0.4 is 4.90 Å². The zero-order valence-electron chi connectivity index (χ0n) is 17.4. The number of nitro benzene ring substituents is 1. The van der Waals surface area contributed by atoms with E-state index in [0.717, 1.165) is 21.3 Å². The minimum atomic E-state index is -0.444. The average Bonchev–Trinajstić information content (AvgIpc) is 3.10. The van der Waals surface area contributed by atoms with Gasteiger partial charge in [0.25, 0.3) is 5.69 Å². The van der Waals surface area contributed by atoms with E-state index in [2.05, 4.69) is 13.0 Å². The monoisotopic (exact) mass is 448 g/mol. The number of carbonyl (C=O) groups is 1. The Morgan fingerprint density at radius 2 is 1.77 bits per heavy atom. The van der Waals surface area contributed by atoms with Crippen LogP contribution in [-0.4, -0.2) is 47.9 Å². The van der Waals surface area contributed by atoms with Crippen LogP contribution in [0.4, 0.5) is 10.8 Å². The molecule has 3 aromatic rings. The molecule has 0 aliphatic rings. The van der Waals surface area contributed by atoms with E-state index in [1.54, 1.807) is 17.0 Å². The number of rotatable bonds is 7. The Kier molecular flexibility index (Phi) is 7.89. The molecule has 1 amide bonds. The summed E-state index contributed by atoms with van der Waals surface area (Å²) in [7, 11) is 3.93. The fourth-order valence-electron chi connectivity index (χ4n) is 2.96. The first kappa shape index (κ1) is 23.7. The molecule has 0 atom stereocenters. The van der Waals surface area contributed by atoms with Crippen molar-refractivity contribution >= 4 is 50.7 Å². The number of nitrogens with zero attached hydrogens (tertiary/aromatic N) is 4. The molecule has 0 radical (unpaired) electrons. The lowest BCUT2D eigenvalue weighted by Crippen LogP contribution is -2.37. The molecule has 9 heteroatoms. The van der Waals surface area contributed by atoms with Crippen molar-refractivity contribution in [2.75, 3.05) is 32.1 Å². The Balaban J connectivity index is 0.00000320. The molecule has 3 rings (SSSR count). The van der Waals surface area contributed by atoms with Gasteiger partial charge in [0.05, 0.1) is 21.6 Å². The van der Waals surface area contributed by atoms with Gasteiger partial charge in [-0.15, -0.1) is 12.4 Å². The van der Waals surface area contributed by atoms with E-state index in [9.17, 15) is 14.9 Å². The van der Waals surface area contributed by atoms with Crippen LogP contribution >= 0.6 is 23.7 Å². The Morgan fingerprint density at radius 1 is 1.10 bits per heavy atom. The molecule has 0 spiro atoms. The zero-order valence-corrected chi connectivity index (χ0v) is 19.0. The number of carbonyl (C=O) groups excluding carboxylic acids is 1. The van der Waals surface area contributed by atoms with Crippen molar-refractivity contribution in [2.24, 2.45) is 0 Å². The Bertz CT molecular complexity index is 1050. The lowest BCUT2D eigenvalue weighted by atomic mass is 10.1. The maximum absolute atomic E-state index is 13.1. The number of hydrogen-bond acceptors (Lipinski definition) is 6. The summed E-state index contributed by atoms with van der Waals surface area (Å²) in [6, 6.07) is 10.2. The zero-order chi connectivity index (χ0) is 21.1. The summed E-state index contributed by atoms with van der Waals surface area (Å²) in [5.41, 5.74) is 3.99. The van der Waals surface area contributed by atoms with Crippen LogP contribution in [0.3, 0.4) is 0 Å². The lowest BCUT2D eigenvalue weighted by molar-refractivity contribution is -0.384. The number of anilines is 1. The smallest absolute Gasteiger partial charge is 0.269 e. The van der Waals surface area contributed by atoms with E-state index in [4.69, 9.17) is 4.98 Å². The normalized spacial score (nSPS) is 10.8. The van der Waals surface area contributed by atoms with Gasteiger partial charge in [-0.1, -0.05) is 29.5 Å². The van der Waals surface area contributed by atoms with Gasteiger partial charge in [-0.05, 0) is 50.7 Å². The minimum absolute atomic E-state index is 0. The molecule has 0 saturated heterocycles. The first-order chi connectivity index (χ1) is 13.8. The molecule has 0 fully saturated rings. The van der Waals surface area contributed by atoms with Crippen molar-refractivity contribution in [2.45, 2.75) is 20.3 Å². The summed E-state index contributed by atoms with van der Waals surface area (Å²) in [4.78, 5) is 32.0. The Morgan fingerprint density at radius 3 is 2.37 bits per heavy atom. The first-order valence-corrected chi connectivity index (χ1v) is 10.1. The van der Waals surface area contributed by atoms with Gasteiger partial charge >= 0.3 is 0 Å². The summed E-state index contributed by atoms with van der Waals surface area (Å²) < 4.78 is 1.06. The number of amides is 1. The van der Waals surface area contributed by atoms with Crippen LogP contribution in [0.5, 0.6) is 0 Å². The van der Waals surface area contributed by atoms with Gasteiger partial charge in [0.2, 0.25) is 5.91 Å². The van der Waals surface area contributed by atoms with E-state index in [1.807, 2.05) is 32.0 Å². The summed E-state index contributed by atoms with van der Waals surface area (Å²) in [5.74, 6) is -0.0749. The second-order valence-electron chi connectivity index (χ2n) is 7.30. The maximum Gasteiger partial charge on any atom is 0.269 e. The Labute approximate surface area is 185 Å². The third kappa shape index (κ3) is 5.33. The van der Waals surface area contributed by atoms with Crippen molar-refractivity contribution in [3.8, 4) is 0 Å². The van der Waals surface area contributed by atoms with Crippen molar-refractivity contribution in [3.63, 3.8) is 0 Å². The summed E-state index contributed by atoms with van der Waals surface area (Å²) in [6.45, 7) is 5.33. The molecule has 1 aromatic heterocycles. The molecule has 0 bridgehead atoms. The van der Waals surface area contributed by atoms with Crippen molar-refractivity contribution in [1.29, 1.82) is 0 Å². The molecule has 7 nitrogen and oxygen atoms in total. The predicted molar refractivity (Wildman–Crippen MR) is 124 cm³/mol. The van der Waals surface area contributed by atoms with Crippen LogP contribution in [0.2, 0.25) is 0 Å². The highest BCUT2D eigenvalue weighted by molar-refractivity contribution is 7.22. The minimum Gasteiger partial charge on any atom is -0.308 e. The number of thiazole rings is 1. The number of fused-ring (bicyclic) bond motifs is 1. The highest BCUT2D eigenvalue weighted by atomic mass is 35.5. The molecule has 2 aromatic carbocycles. The molecule has 0 N–H and O–H groups in total. The van der Waals surface area contributed by atoms with E-state index >= 15 is 0 Å². The maximum atomic E-state index is 13.1. The first-order valence-electron chi connectivity index (χ1n) is 9.31. The topological polar surface area (TPSA) is 79.6 Å². The van der Waals surface area contributed by atoms with Gasteiger partial charge in [-0.25, -0.2) is 4.98 Å². The number of non-ortho nitro benzene ring substituents is 1. The highest BCUT2D eigenvalue weighted by Crippen LogP contribution is 2.32. The van der Waals surface area contributed by atoms with E-state index < -0.39 is 4.92 Å². The summed E-state index contributed by atoms with van der Waals surface area (Å²) in [6.07, 6.45) is 0.166. The average molecular weight is 449 g/mol. The fraction of sp³-hybridized carbons (Fsp3) is 0.333. The van der Waals surface area contributed by atoms with Crippen molar-refractivity contribution < 1.29 is 9.72 Å². The second-order valence-corrected chi connectivity index (χ2v) is 8.31. The molecule has 0 aliphatic carbocycles. The van der Waals surface area contributed by atoms with E-state index in [-0.39, 0.29) is 30.4 Å². The number of aryl methyl sites for hydroxylation is 2. The van der Waals surface area contributed by atoms with Gasteiger partial charge in [-0.2, -0.15) is 0 Å². The standard InChI is InChI=1S/C21H24N4O3S.ClH/c1-14-5-10-18-20(15(14)2)22-21(29-18)24(12-11-23(3)4)19(26)13-16-6-8-17(9-7-16)25(27)28;/h5-10H,11-13H2,1-4H3;1H. The van der Waals surface area contributed by atoms with E-state index in [0.29, 0.717) is 18.2 Å². The van der Waals surface area contributed by atoms with Gasteiger partial charge in [-0.3, -0.25) is 19.8 Å². The molecule has 0 unspecified atom stereocenters. The molecule has 1 heterocycles. The molecule has 160 valence electrons. The largest absolute Gasteiger partial charge is 0.308 e. The van der Waals surface area contributed by atoms with Crippen LogP contribution in [0, 0.1) is 24.0 Å². The van der Waals surface area contributed by atoms with Gasteiger partial charge in [0.15, 0.2) is 5.13 Å². The van der Waals surface area contributed by atoms with Gasteiger partial charge in [0.1, 0.15) is 0 Å². The number of hydrogen-bond donors (Lipinski definition) is 0.